The van der Waals surface area contributed by atoms with E-state index in [1.165, 1.54) is 5.56 Å². The van der Waals surface area contributed by atoms with Gasteiger partial charge in [-0.3, -0.25) is 4.90 Å². The standard InChI is InChI=1S/C23H29N3O3S/c1-3-18-4-6-20(7-5-18)24-23(27)26-15-12-19-16-21(8-9-22(19)26)30(28,29)25-13-10-17(2)11-14-25/h4-9,16-17H,3,10-15H2,1-2H3,(H,24,27). The van der Waals surface area contributed by atoms with Crippen LogP contribution in [0, 0.1) is 5.92 Å². The molecule has 0 spiro atoms. The van der Waals surface area contributed by atoms with Crippen molar-refractivity contribution in [1.82, 2.24) is 4.31 Å². The molecule has 0 bridgehead atoms. The van der Waals surface area contributed by atoms with Crippen molar-refractivity contribution in [3.63, 3.8) is 0 Å². The van der Waals surface area contributed by atoms with Crippen molar-refractivity contribution in [3.05, 3.63) is 53.6 Å². The van der Waals surface area contributed by atoms with Gasteiger partial charge in [-0.15, -0.1) is 0 Å². The highest BCUT2D eigenvalue weighted by molar-refractivity contribution is 7.89. The number of carbonyl (C=O) groups is 1. The number of fused-ring (bicyclic) bond motifs is 1. The zero-order valence-electron chi connectivity index (χ0n) is 17.6. The Kier molecular flexibility index (Phi) is 5.84. The number of benzene rings is 2. The fraction of sp³-hybridized carbons (Fsp3) is 0.435. The van der Waals surface area contributed by atoms with Gasteiger partial charge in [-0.05, 0) is 73.1 Å². The lowest BCUT2D eigenvalue weighted by Crippen LogP contribution is -2.37. The lowest BCUT2D eigenvalue weighted by molar-refractivity contribution is 0.257. The van der Waals surface area contributed by atoms with Crippen molar-refractivity contribution in [1.29, 1.82) is 0 Å². The number of hydrogen-bond donors (Lipinski definition) is 1. The van der Waals surface area contributed by atoms with Gasteiger partial charge >= 0.3 is 6.03 Å². The molecule has 2 amide bonds. The van der Waals surface area contributed by atoms with Crippen molar-refractivity contribution in [2.45, 2.75) is 44.4 Å². The van der Waals surface area contributed by atoms with Crippen LogP contribution in [0.5, 0.6) is 0 Å². The third kappa shape index (κ3) is 4.09. The third-order valence-corrected chi connectivity index (χ3v) is 8.08. The second-order valence-corrected chi connectivity index (χ2v) is 10.2. The van der Waals surface area contributed by atoms with E-state index in [9.17, 15) is 13.2 Å². The summed E-state index contributed by atoms with van der Waals surface area (Å²) in [6, 6.07) is 12.8. The van der Waals surface area contributed by atoms with Crippen molar-refractivity contribution < 1.29 is 13.2 Å². The monoisotopic (exact) mass is 427 g/mol. The zero-order chi connectivity index (χ0) is 21.3. The Morgan fingerprint density at radius 2 is 1.77 bits per heavy atom. The first-order valence-electron chi connectivity index (χ1n) is 10.7. The number of anilines is 2. The Morgan fingerprint density at radius 3 is 2.43 bits per heavy atom. The second-order valence-electron chi connectivity index (χ2n) is 8.26. The molecule has 2 heterocycles. The summed E-state index contributed by atoms with van der Waals surface area (Å²) in [5.41, 5.74) is 3.66. The maximum atomic E-state index is 13.0. The van der Waals surface area contributed by atoms with Gasteiger partial charge < -0.3 is 5.32 Å². The van der Waals surface area contributed by atoms with E-state index in [4.69, 9.17) is 0 Å². The Hall–Kier alpha value is -2.38. The molecule has 7 heteroatoms. The fourth-order valence-corrected chi connectivity index (χ4v) is 5.66. The Labute approximate surface area is 178 Å². The minimum absolute atomic E-state index is 0.196. The van der Waals surface area contributed by atoms with Gasteiger partial charge in [-0.25, -0.2) is 13.2 Å². The molecule has 160 valence electrons. The van der Waals surface area contributed by atoms with Crippen molar-refractivity contribution in [3.8, 4) is 0 Å². The zero-order valence-corrected chi connectivity index (χ0v) is 18.4. The van der Waals surface area contributed by atoms with Crippen LogP contribution in [0.2, 0.25) is 0 Å². The average Bonchev–Trinajstić information content (AvgIpc) is 3.18. The number of nitrogens with zero attached hydrogens (tertiary/aromatic N) is 2. The van der Waals surface area contributed by atoms with E-state index in [1.54, 1.807) is 27.4 Å². The van der Waals surface area contributed by atoms with Gasteiger partial charge in [0.05, 0.1) is 4.90 Å². The molecule has 0 radical (unpaired) electrons. The number of rotatable bonds is 4. The smallest absolute Gasteiger partial charge is 0.308 e. The number of carbonyl (C=O) groups excluding carboxylic acids is 1. The molecule has 2 aliphatic heterocycles. The third-order valence-electron chi connectivity index (χ3n) is 6.19. The number of sulfonamides is 1. The van der Waals surface area contributed by atoms with Crippen LogP contribution in [0.4, 0.5) is 16.2 Å². The van der Waals surface area contributed by atoms with Gasteiger partial charge in [-0.1, -0.05) is 26.0 Å². The molecule has 30 heavy (non-hydrogen) atoms. The molecule has 0 unspecified atom stereocenters. The van der Waals surface area contributed by atoms with Gasteiger partial charge in [0.25, 0.3) is 0 Å². The molecule has 2 aliphatic rings. The van der Waals surface area contributed by atoms with Crippen LogP contribution in [-0.2, 0) is 22.9 Å². The quantitative estimate of drug-likeness (QED) is 0.792. The fourth-order valence-electron chi connectivity index (χ4n) is 4.14. The first-order valence-corrected chi connectivity index (χ1v) is 12.1. The predicted molar refractivity (Wildman–Crippen MR) is 119 cm³/mol. The van der Waals surface area contributed by atoms with E-state index >= 15 is 0 Å². The number of hydrogen-bond acceptors (Lipinski definition) is 3. The van der Waals surface area contributed by atoms with Crippen LogP contribution in [0.1, 0.15) is 37.8 Å². The van der Waals surface area contributed by atoms with Crippen LogP contribution in [0.3, 0.4) is 0 Å². The Bertz CT molecular complexity index is 1030. The Morgan fingerprint density at radius 1 is 1.07 bits per heavy atom. The van der Waals surface area contributed by atoms with E-state index in [-0.39, 0.29) is 6.03 Å². The van der Waals surface area contributed by atoms with Gasteiger partial charge in [0, 0.05) is 31.0 Å². The molecular weight excluding hydrogens is 398 g/mol. The highest BCUT2D eigenvalue weighted by Gasteiger charge is 2.31. The second kappa shape index (κ2) is 8.40. The van der Waals surface area contributed by atoms with Gasteiger partial charge in [0.15, 0.2) is 0 Å². The largest absolute Gasteiger partial charge is 0.326 e. The SMILES string of the molecule is CCc1ccc(NC(=O)N2CCc3cc(S(=O)(=O)N4CCC(C)CC4)ccc32)cc1. The normalized spacial score (nSPS) is 17.7. The van der Waals surface area contributed by atoms with E-state index in [0.717, 1.165) is 36.2 Å². The molecule has 0 saturated carbocycles. The summed E-state index contributed by atoms with van der Waals surface area (Å²) in [6.45, 7) is 5.95. The van der Waals surface area contributed by atoms with Crippen LogP contribution in [0.25, 0.3) is 0 Å². The molecule has 0 aliphatic carbocycles. The number of nitrogens with one attached hydrogen (secondary N) is 1. The summed E-state index contributed by atoms with van der Waals surface area (Å²) in [5, 5.41) is 2.94. The number of piperidine rings is 1. The maximum Gasteiger partial charge on any atom is 0.326 e. The summed E-state index contributed by atoms with van der Waals surface area (Å²) in [5.74, 6) is 0.571. The molecular formula is C23H29N3O3S. The highest BCUT2D eigenvalue weighted by atomic mass is 32.2. The number of amides is 2. The molecule has 4 rings (SSSR count). The van der Waals surface area contributed by atoms with Crippen LogP contribution < -0.4 is 10.2 Å². The van der Waals surface area contributed by atoms with E-state index in [2.05, 4.69) is 19.2 Å². The molecule has 1 saturated heterocycles. The lowest BCUT2D eigenvalue weighted by Gasteiger charge is -2.29. The average molecular weight is 428 g/mol. The number of aryl methyl sites for hydroxylation is 1. The highest BCUT2D eigenvalue weighted by Crippen LogP contribution is 2.32. The van der Waals surface area contributed by atoms with Gasteiger partial charge in [0.1, 0.15) is 0 Å². The van der Waals surface area contributed by atoms with Crippen molar-refractivity contribution in [2.24, 2.45) is 5.92 Å². The van der Waals surface area contributed by atoms with Gasteiger partial charge in [-0.2, -0.15) is 4.31 Å². The molecule has 2 aromatic rings. The summed E-state index contributed by atoms with van der Waals surface area (Å²) in [6.07, 6.45) is 3.40. The Balaban J connectivity index is 1.49. The summed E-state index contributed by atoms with van der Waals surface area (Å²) in [4.78, 5) is 14.8. The van der Waals surface area contributed by atoms with Crippen molar-refractivity contribution >= 4 is 27.4 Å². The minimum Gasteiger partial charge on any atom is -0.308 e. The maximum absolute atomic E-state index is 13.0. The molecule has 1 fully saturated rings. The molecule has 0 aromatic heterocycles. The van der Waals surface area contributed by atoms with Crippen LogP contribution in [-0.4, -0.2) is 38.4 Å². The molecule has 6 nitrogen and oxygen atoms in total. The van der Waals surface area contributed by atoms with E-state index in [1.807, 2.05) is 24.3 Å². The topological polar surface area (TPSA) is 69.7 Å². The van der Waals surface area contributed by atoms with Crippen LogP contribution in [0.15, 0.2) is 47.4 Å². The lowest BCUT2D eigenvalue weighted by atomic mass is 10.0. The first-order chi connectivity index (χ1) is 14.4. The summed E-state index contributed by atoms with van der Waals surface area (Å²) < 4.78 is 27.7. The van der Waals surface area contributed by atoms with E-state index in [0.29, 0.717) is 36.9 Å². The number of urea groups is 1. The van der Waals surface area contributed by atoms with Crippen LogP contribution >= 0.6 is 0 Å². The van der Waals surface area contributed by atoms with Gasteiger partial charge in [0.2, 0.25) is 10.0 Å². The predicted octanol–water partition coefficient (Wildman–Crippen LogP) is 4.26. The first kappa shape index (κ1) is 20.9. The van der Waals surface area contributed by atoms with Crippen molar-refractivity contribution in [2.75, 3.05) is 29.9 Å². The molecule has 1 N–H and O–H groups in total. The molecule has 0 atom stereocenters. The summed E-state index contributed by atoms with van der Waals surface area (Å²) >= 11 is 0. The summed E-state index contributed by atoms with van der Waals surface area (Å²) in [7, 11) is -3.49. The minimum atomic E-state index is -3.49. The molecule has 2 aromatic carbocycles. The van der Waals surface area contributed by atoms with E-state index < -0.39 is 10.0 Å².